The molecule has 0 spiro atoms. The lowest BCUT2D eigenvalue weighted by atomic mass is 10.2. The maximum Gasteiger partial charge on any atom is 0.160 e. The minimum atomic E-state index is 0.534. The Labute approximate surface area is 98.4 Å². The summed E-state index contributed by atoms with van der Waals surface area (Å²) in [4.78, 5) is 0. The molecular weight excluding hydrogens is 220 g/mol. The summed E-state index contributed by atoms with van der Waals surface area (Å²) in [6, 6.07) is 6.52. The summed E-state index contributed by atoms with van der Waals surface area (Å²) in [6.45, 7) is 1.10. The highest BCUT2D eigenvalue weighted by Crippen LogP contribution is 2.12. The second kappa shape index (κ2) is 4.43. The first-order chi connectivity index (χ1) is 7.93. The smallest absolute Gasteiger partial charge is 0.160 e. The van der Waals surface area contributed by atoms with Gasteiger partial charge in [0.15, 0.2) is 5.65 Å². The van der Waals surface area contributed by atoms with Gasteiger partial charge in [0.2, 0.25) is 0 Å². The summed E-state index contributed by atoms with van der Waals surface area (Å²) in [5.74, 6) is 3.44. The molecule has 5 heteroatoms. The summed E-state index contributed by atoms with van der Waals surface area (Å²) in [6.07, 6.45) is 2.98. The van der Waals surface area contributed by atoms with Gasteiger partial charge in [0.1, 0.15) is 5.82 Å². The van der Waals surface area contributed by atoms with Gasteiger partial charge >= 0.3 is 0 Å². The van der Waals surface area contributed by atoms with Crippen LogP contribution in [0.2, 0.25) is 0 Å². The molecule has 0 aromatic carbocycles. The molecule has 1 saturated heterocycles. The second-order valence-electron chi connectivity index (χ2n) is 3.98. The Bertz CT molecular complexity index is 476. The molecule has 0 saturated carbocycles. The Hall–Kier alpha value is -1.07. The van der Waals surface area contributed by atoms with Crippen molar-refractivity contribution in [1.82, 2.24) is 19.9 Å². The Morgan fingerprint density at radius 1 is 1.44 bits per heavy atom. The van der Waals surface area contributed by atoms with Crippen LogP contribution >= 0.6 is 11.8 Å². The molecule has 3 rings (SSSR count). The lowest BCUT2D eigenvalue weighted by Crippen LogP contribution is -2.39. The number of nitrogens with one attached hydrogen (secondary N) is 1. The largest absolute Gasteiger partial charge is 0.312 e. The number of pyridine rings is 1. The van der Waals surface area contributed by atoms with Crippen LogP contribution < -0.4 is 5.32 Å². The molecule has 0 radical (unpaired) electrons. The van der Waals surface area contributed by atoms with E-state index >= 15 is 0 Å². The van der Waals surface area contributed by atoms with Crippen LogP contribution in [-0.4, -0.2) is 38.7 Å². The van der Waals surface area contributed by atoms with Crippen molar-refractivity contribution in [1.29, 1.82) is 0 Å². The Kier molecular flexibility index (Phi) is 2.80. The number of hydrogen-bond donors (Lipinski definition) is 1. The zero-order valence-electron chi connectivity index (χ0n) is 8.97. The maximum absolute atomic E-state index is 4.25. The van der Waals surface area contributed by atoms with Crippen LogP contribution in [0.4, 0.5) is 0 Å². The molecule has 0 bridgehead atoms. The lowest BCUT2D eigenvalue weighted by Gasteiger charge is -2.22. The van der Waals surface area contributed by atoms with Crippen LogP contribution in [0, 0.1) is 0 Å². The SMILES string of the molecule is c1ccn2c(CC3CSCCN3)nnc2c1. The van der Waals surface area contributed by atoms with Gasteiger partial charge in [-0.3, -0.25) is 4.40 Å². The molecule has 1 unspecified atom stereocenters. The van der Waals surface area contributed by atoms with Crippen molar-refractivity contribution >= 4 is 17.4 Å². The van der Waals surface area contributed by atoms with Crippen molar-refractivity contribution in [3.8, 4) is 0 Å². The average Bonchev–Trinajstić information content (AvgIpc) is 2.74. The first-order valence-corrected chi connectivity index (χ1v) is 6.69. The Morgan fingerprint density at radius 2 is 2.44 bits per heavy atom. The van der Waals surface area contributed by atoms with Crippen molar-refractivity contribution in [2.24, 2.45) is 0 Å². The third-order valence-corrected chi connectivity index (χ3v) is 3.94. The molecule has 1 fully saturated rings. The molecule has 2 aromatic heterocycles. The quantitative estimate of drug-likeness (QED) is 0.841. The van der Waals surface area contributed by atoms with Crippen LogP contribution in [0.3, 0.4) is 0 Å². The van der Waals surface area contributed by atoms with Crippen LogP contribution in [0.15, 0.2) is 24.4 Å². The number of fused-ring (bicyclic) bond motifs is 1. The number of nitrogens with zero attached hydrogens (tertiary/aromatic N) is 3. The normalized spacial score (nSPS) is 21.4. The number of thioether (sulfide) groups is 1. The summed E-state index contributed by atoms with van der Waals surface area (Å²) in [5.41, 5.74) is 0.931. The van der Waals surface area contributed by atoms with Gasteiger partial charge in [0.25, 0.3) is 0 Å². The average molecular weight is 234 g/mol. The van der Waals surface area contributed by atoms with E-state index in [4.69, 9.17) is 0 Å². The highest BCUT2D eigenvalue weighted by atomic mass is 32.2. The fourth-order valence-corrected chi connectivity index (χ4v) is 2.95. The fraction of sp³-hybridized carbons (Fsp3) is 0.455. The Morgan fingerprint density at radius 3 is 3.31 bits per heavy atom. The monoisotopic (exact) mass is 234 g/mol. The lowest BCUT2D eigenvalue weighted by molar-refractivity contribution is 0.548. The molecule has 1 N–H and O–H groups in total. The molecule has 0 amide bonds. The molecular formula is C11H14N4S. The van der Waals surface area contributed by atoms with Crippen molar-refractivity contribution in [2.75, 3.05) is 18.1 Å². The first-order valence-electron chi connectivity index (χ1n) is 5.53. The highest BCUT2D eigenvalue weighted by Gasteiger charge is 2.16. The van der Waals surface area contributed by atoms with Gasteiger partial charge in [-0.2, -0.15) is 11.8 Å². The van der Waals surface area contributed by atoms with Gasteiger partial charge in [-0.15, -0.1) is 10.2 Å². The molecule has 1 aliphatic heterocycles. The van der Waals surface area contributed by atoms with E-state index in [1.807, 2.05) is 36.2 Å². The van der Waals surface area contributed by atoms with E-state index in [2.05, 4.69) is 19.9 Å². The number of aromatic nitrogens is 3. The van der Waals surface area contributed by atoms with E-state index in [0.29, 0.717) is 6.04 Å². The van der Waals surface area contributed by atoms with Crippen LogP contribution in [0.25, 0.3) is 5.65 Å². The van der Waals surface area contributed by atoms with E-state index < -0.39 is 0 Å². The molecule has 1 atom stereocenters. The van der Waals surface area contributed by atoms with E-state index in [9.17, 15) is 0 Å². The first kappa shape index (κ1) is 10.1. The van der Waals surface area contributed by atoms with Crippen molar-refractivity contribution in [3.63, 3.8) is 0 Å². The topological polar surface area (TPSA) is 42.2 Å². The third-order valence-electron chi connectivity index (χ3n) is 2.81. The number of hydrogen-bond acceptors (Lipinski definition) is 4. The zero-order chi connectivity index (χ0) is 10.8. The van der Waals surface area contributed by atoms with Gasteiger partial charge in [0, 0.05) is 36.7 Å². The van der Waals surface area contributed by atoms with Crippen molar-refractivity contribution in [3.05, 3.63) is 30.2 Å². The van der Waals surface area contributed by atoms with Gasteiger partial charge in [-0.05, 0) is 12.1 Å². The highest BCUT2D eigenvalue weighted by molar-refractivity contribution is 7.99. The van der Waals surface area contributed by atoms with Gasteiger partial charge in [0.05, 0.1) is 0 Å². The van der Waals surface area contributed by atoms with E-state index in [1.165, 1.54) is 11.5 Å². The molecule has 84 valence electrons. The predicted octanol–water partition coefficient (Wildman–Crippen LogP) is 0.977. The van der Waals surface area contributed by atoms with Crippen LogP contribution in [-0.2, 0) is 6.42 Å². The van der Waals surface area contributed by atoms with Crippen molar-refractivity contribution in [2.45, 2.75) is 12.5 Å². The van der Waals surface area contributed by atoms with E-state index in [-0.39, 0.29) is 0 Å². The van der Waals surface area contributed by atoms with Gasteiger partial charge < -0.3 is 5.32 Å². The summed E-state index contributed by atoms with van der Waals surface area (Å²) < 4.78 is 2.07. The minimum Gasteiger partial charge on any atom is -0.312 e. The summed E-state index contributed by atoms with van der Waals surface area (Å²) in [5, 5.41) is 11.9. The van der Waals surface area contributed by atoms with Crippen LogP contribution in [0.5, 0.6) is 0 Å². The van der Waals surface area contributed by atoms with Gasteiger partial charge in [-0.1, -0.05) is 6.07 Å². The molecule has 3 heterocycles. The van der Waals surface area contributed by atoms with E-state index in [0.717, 1.165) is 24.4 Å². The summed E-state index contributed by atoms with van der Waals surface area (Å²) >= 11 is 2.01. The molecule has 4 nitrogen and oxygen atoms in total. The van der Waals surface area contributed by atoms with Crippen molar-refractivity contribution < 1.29 is 0 Å². The Balaban J connectivity index is 1.83. The van der Waals surface area contributed by atoms with E-state index in [1.54, 1.807) is 0 Å². The standard InChI is InChI=1S/C11H14N4S/c1-2-5-15-10(3-1)13-14-11(15)7-9-8-16-6-4-12-9/h1-3,5,9,12H,4,6-8H2. The third kappa shape index (κ3) is 1.92. The van der Waals surface area contributed by atoms with Gasteiger partial charge in [-0.25, -0.2) is 0 Å². The fourth-order valence-electron chi connectivity index (χ4n) is 2.00. The second-order valence-corrected chi connectivity index (χ2v) is 5.12. The summed E-state index contributed by atoms with van der Waals surface area (Å²) in [7, 11) is 0. The molecule has 0 aliphatic carbocycles. The van der Waals surface area contributed by atoms with Crippen LogP contribution in [0.1, 0.15) is 5.82 Å². The molecule has 16 heavy (non-hydrogen) atoms. The maximum atomic E-state index is 4.25. The molecule has 1 aliphatic rings. The molecule has 2 aromatic rings. The zero-order valence-corrected chi connectivity index (χ0v) is 9.78. The minimum absolute atomic E-state index is 0.534. The number of rotatable bonds is 2. The predicted molar refractivity (Wildman–Crippen MR) is 65.8 cm³/mol.